The summed E-state index contributed by atoms with van der Waals surface area (Å²) in [7, 11) is 0. The molecule has 0 unspecified atom stereocenters. The van der Waals surface area contributed by atoms with Crippen LogP contribution in [0.1, 0.15) is 38.5 Å². The van der Waals surface area contributed by atoms with Gasteiger partial charge >= 0.3 is 11.9 Å². The second-order valence-electron chi connectivity index (χ2n) is 4.74. The summed E-state index contributed by atoms with van der Waals surface area (Å²) in [5.41, 5.74) is 0. The largest absolute Gasteiger partial charge is 0.428 e. The van der Waals surface area contributed by atoms with Gasteiger partial charge in [0, 0.05) is 23.0 Å². The fourth-order valence-corrected chi connectivity index (χ4v) is 5.96. The minimum Gasteiger partial charge on any atom is -0.410 e. The zero-order chi connectivity index (χ0) is 12.8. The van der Waals surface area contributed by atoms with Crippen LogP contribution in [0.4, 0.5) is 0 Å². The van der Waals surface area contributed by atoms with E-state index in [1.807, 2.05) is 0 Å². The van der Waals surface area contributed by atoms with Gasteiger partial charge in [-0.05, 0) is 25.7 Å². The minimum absolute atomic E-state index is 0.710. The second-order valence-corrected chi connectivity index (χ2v) is 8.82. The fourth-order valence-electron chi connectivity index (χ4n) is 2.22. The van der Waals surface area contributed by atoms with Crippen molar-refractivity contribution in [2.45, 2.75) is 38.5 Å². The standard InChI is InChI=1S/C12H22O4S2/c13-11(15-17-7-3-1-4-8-17)12(14)16-18-9-5-2-6-10-18/h17-18H,1-10H2. The van der Waals surface area contributed by atoms with Crippen LogP contribution in [0.15, 0.2) is 0 Å². The molecule has 0 aliphatic carbocycles. The summed E-state index contributed by atoms with van der Waals surface area (Å²) in [6.07, 6.45) is 6.88. The molecule has 106 valence electrons. The van der Waals surface area contributed by atoms with E-state index < -0.39 is 34.3 Å². The highest BCUT2D eigenvalue weighted by molar-refractivity contribution is 8.13. The van der Waals surface area contributed by atoms with Gasteiger partial charge in [-0.15, -0.1) is 0 Å². The topological polar surface area (TPSA) is 52.6 Å². The van der Waals surface area contributed by atoms with Crippen LogP contribution in [0.25, 0.3) is 0 Å². The van der Waals surface area contributed by atoms with E-state index in [0.717, 1.165) is 48.7 Å². The van der Waals surface area contributed by atoms with Crippen molar-refractivity contribution in [1.82, 2.24) is 0 Å². The molecule has 2 rings (SSSR count). The van der Waals surface area contributed by atoms with Crippen LogP contribution in [0, 0.1) is 0 Å². The van der Waals surface area contributed by atoms with E-state index in [0.29, 0.717) is 0 Å². The van der Waals surface area contributed by atoms with E-state index in [-0.39, 0.29) is 0 Å². The van der Waals surface area contributed by atoms with Crippen LogP contribution in [0.5, 0.6) is 0 Å². The smallest absolute Gasteiger partial charge is 0.410 e. The van der Waals surface area contributed by atoms with Gasteiger partial charge in [-0.1, -0.05) is 35.2 Å². The van der Waals surface area contributed by atoms with Gasteiger partial charge in [0.1, 0.15) is 0 Å². The molecule has 18 heavy (non-hydrogen) atoms. The number of thiol groups is 2. The zero-order valence-corrected chi connectivity index (χ0v) is 12.4. The molecule has 4 nitrogen and oxygen atoms in total. The molecule has 0 bridgehead atoms. The van der Waals surface area contributed by atoms with Crippen molar-refractivity contribution in [3.8, 4) is 0 Å². The molecule has 0 aromatic carbocycles. The highest BCUT2D eigenvalue weighted by Crippen LogP contribution is 2.36. The molecule has 2 saturated heterocycles. The molecule has 2 aliphatic heterocycles. The third-order valence-corrected chi connectivity index (χ3v) is 7.33. The summed E-state index contributed by atoms with van der Waals surface area (Å²) in [5, 5.41) is 0. The molecular formula is C12H22O4S2. The zero-order valence-electron chi connectivity index (χ0n) is 10.6. The third kappa shape index (κ3) is 4.39. The Balaban J connectivity index is 1.71. The number of carbonyl (C=O) groups excluding carboxylic acids is 2. The maximum atomic E-state index is 11.6. The quantitative estimate of drug-likeness (QED) is 0.606. The Kier molecular flexibility index (Phi) is 5.69. The highest BCUT2D eigenvalue weighted by atomic mass is 32.2. The van der Waals surface area contributed by atoms with Crippen molar-refractivity contribution < 1.29 is 18.0 Å². The van der Waals surface area contributed by atoms with Gasteiger partial charge in [0.15, 0.2) is 0 Å². The molecule has 2 aliphatic rings. The average molecular weight is 294 g/mol. The maximum absolute atomic E-state index is 11.6. The summed E-state index contributed by atoms with van der Waals surface area (Å²) < 4.78 is 10.5. The predicted molar refractivity (Wildman–Crippen MR) is 77.3 cm³/mol. The van der Waals surface area contributed by atoms with Crippen LogP contribution in [0.2, 0.25) is 0 Å². The van der Waals surface area contributed by atoms with Crippen LogP contribution in [0.3, 0.4) is 0 Å². The van der Waals surface area contributed by atoms with Gasteiger partial charge in [-0.3, -0.25) is 0 Å². The van der Waals surface area contributed by atoms with Crippen LogP contribution in [-0.2, 0) is 18.0 Å². The lowest BCUT2D eigenvalue weighted by Crippen LogP contribution is -2.22. The highest BCUT2D eigenvalue weighted by Gasteiger charge is 2.25. The average Bonchev–Trinajstić information content (AvgIpc) is 2.41. The first-order valence-corrected chi connectivity index (χ1v) is 9.96. The molecular weight excluding hydrogens is 272 g/mol. The van der Waals surface area contributed by atoms with Crippen molar-refractivity contribution in [2.75, 3.05) is 23.0 Å². The van der Waals surface area contributed by atoms with Gasteiger partial charge in [0.25, 0.3) is 0 Å². The first kappa shape index (κ1) is 14.1. The van der Waals surface area contributed by atoms with Crippen molar-refractivity contribution in [3.05, 3.63) is 0 Å². The van der Waals surface area contributed by atoms with Crippen LogP contribution < -0.4 is 0 Å². The van der Waals surface area contributed by atoms with Gasteiger partial charge in [0.05, 0.1) is 0 Å². The molecule has 0 atom stereocenters. The molecule has 0 saturated carbocycles. The first-order valence-electron chi connectivity index (χ1n) is 6.70. The predicted octanol–water partition coefficient (Wildman–Crippen LogP) is 2.27. The molecule has 2 fully saturated rings. The Morgan fingerprint density at radius 2 is 0.944 bits per heavy atom. The molecule has 0 radical (unpaired) electrons. The molecule has 0 aromatic rings. The Morgan fingerprint density at radius 3 is 1.28 bits per heavy atom. The molecule has 0 N–H and O–H groups in total. The summed E-state index contributed by atoms with van der Waals surface area (Å²) >= 11 is -1.42. The van der Waals surface area contributed by atoms with E-state index in [2.05, 4.69) is 0 Å². The van der Waals surface area contributed by atoms with E-state index in [1.54, 1.807) is 0 Å². The Bertz CT molecular complexity index is 266. The van der Waals surface area contributed by atoms with E-state index in [4.69, 9.17) is 8.37 Å². The van der Waals surface area contributed by atoms with Crippen LogP contribution in [-0.4, -0.2) is 35.0 Å². The third-order valence-electron chi connectivity index (χ3n) is 3.22. The van der Waals surface area contributed by atoms with Gasteiger partial charge in [0.2, 0.25) is 0 Å². The van der Waals surface area contributed by atoms with Gasteiger partial charge in [-0.25, -0.2) is 9.59 Å². The molecule has 6 heteroatoms. The Hall–Kier alpha value is -0.360. The van der Waals surface area contributed by atoms with Crippen molar-refractivity contribution >= 4 is 34.3 Å². The minimum atomic E-state index is -0.754. The van der Waals surface area contributed by atoms with Gasteiger partial charge < -0.3 is 8.37 Å². The van der Waals surface area contributed by atoms with E-state index in [9.17, 15) is 9.59 Å². The number of hydrogen-bond donors (Lipinski definition) is 2. The molecule has 0 spiro atoms. The lowest BCUT2D eigenvalue weighted by molar-refractivity contribution is -0.154. The van der Waals surface area contributed by atoms with Crippen molar-refractivity contribution in [2.24, 2.45) is 0 Å². The fraction of sp³-hybridized carbons (Fsp3) is 0.833. The Morgan fingerprint density at radius 1 is 0.611 bits per heavy atom. The number of carbonyl (C=O) groups is 2. The Labute approximate surface area is 114 Å². The number of rotatable bonds is 2. The molecule has 0 aromatic heterocycles. The lowest BCUT2D eigenvalue weighted by atomic mass is 10.3. The van der Waals surface area contributed by atoms with Crippen molar-refractivity contribution in [1.29, 1.82) is 0 Å². The molecule has 0 amide bonds. The summed E-state index contributed by atoms with van der Waals surface area (Å²) in [6.45, 7) is 0. The SMILES string of the molecule is O=C(O[SH]1CCCCC1)C(=O)O[SH]1CCCCC1. The van der Waals surface area contributed by atoms with Crippen LogP contribution >= 0.6 is 22.4 Å². The summed E-state index contributed by atoms with van der Waals surface area (Å²) in [4.78, 5) is 23.2. The summed E-state index contributed by atoms with van der Waals surface area (Å²) in [6, 6.07) is 0. The monoisotopic (exact) mass is 294 g/mol. The first-order chi connectivity index (χ1) is 8.75. The van der Waals surface area contributed by atoms with E-state index >= 15 is 0 Å². The van der Waals surface area contributed by atoms with E-state index in [1.165, 1.54) is 12.8 Å². The second kappa shape index (κ2) is 7.28. The maximum Gasteiger partial charge on any atom is 0.428 e. The lowest BCUT2D eigenvalue weighted by Gasteiger charge is -2.27. The summed E-state index contributed by atoms with van der Waals surface area (Å²) in [5.74, 6) is 2.28. The number of hydrogen-bond acceptors (Lipinski definition) is 4. The van der Waals surface area contributed by atoms with Crippen molar-refractivity contribution in [3.63, 3.8) is 0 Å². The molecule has 2 heterocycles. The normalized spacial score (nSPS) is 24.4. The van der Waals surface area contributed by atoms with Gasteiger partial charge in [-0.2, -0.15) is 0 Å².